The first-order valence-electron chi connectivity index (χ1n) is 9.16. The van der Waals surface area contributed by atoms with Gasteiger partial charge in [0.2, 0.25) is 0 Å². The van der Waals surface area contributed by atoms with Crippen molar-refractivity contribution in [3.63, 3.8) is 0 Å². The van der Waals surface area contributed by atoms with E-state index in [9.17, 15) is 4.79 Å². The molecule has 0 atom stereocenters. The Balaban J connectivity index is 2.04. The molecule has 0 bridgehead atoms. The largest absolute Gasteiger partial charge is 0.337 e. The first kappa shape index (κ1) is 17.3. The molecule has 0 aliphatic rings. The van der Waals surface area contributed by atoms with E-state index in [-0.39, 0.29) is 5.91 Å². The summed E-state index contributed by atoms with van der Waals surface area (Å²) >= 11 is 0. The smallest absolute Gasteiger partial charge is 0.270 e. The van der Waals surface area contributed by atoms with Crippen LogP contribution in [0, 0.1) is 0 Å². The second-order valence-electron chi connectivity index (χ2n) is 6.45. The number of carbonyl (C=O) groups is 1. The maximum absolute atomic E-state index is 13.2. The van der Waals surface area contributed by atoms with Gasteiger partial charge in [0.15, 0.2) is 0 Å². The molecule has 25 heavy (non-hydrogen) atoms. The molecular weight excluding hydrogens is 308 g/mol. The Morgan fingerprint density at radius 2 is 1.56 bits per heavy atom. The lowest BCUT2D eigenvalue weighted by Crippen LogP contribution is -2.34. The summed E-state index contributed by atoms with van der Waals surface area (Å²) in [7, 11) is 0. The van der Waals surface area contributed by atoms with Crippen LogP contribution in [0.15, 0.2) is 60.7 Å². The van der Waals surface area contributed by atoms with Gasteiger partial charge in [0.1, 0.15) is 5.69 Å². The van der Waals surface area contributed by atoms with Gasteiger partial charge in [0.05, 0.1) is 0 Å². The molecule has 3 aromatic rings. The zero-order chi connectivity index (χ0) is 17.6. The molecule has 130 valence electrons. The van der Waals surface area contributed by atoms with Gasteiger partial charge in [-0.3, -0.25) is 4.79 Å². The molecule has 3 heteroatoms. The molecule has 1 amide bonds. The van der Waals surface area contributed by atoms with Crippen molar-refractivity contribution >= 4 is 16.8 Å². The molecule has 0 saturated carbocycles. The number of fused-ring (bicyclic) bond motifs is 1. The van der Waals surface area contributed by atoms with E-state index in [1.54, 1.807) is 0 Å². The highest BCUT2D eigenvalue weighted by Crippen LogP contribution is 2.23. The Morgan fingerprint density at radius 3 is 2.24 bits per heavy atom. The van der Waals surface area contributed by atoms with E-state index in [0.717, 1.165) is 42.5 Å². The van der Waals surface area contributed by atoms with Gasteiger partial charge >= 0.3 is 0 Å². The normalized spacial score (nSPS) is 11.0. The van der Waals surface area contributed by atoms with E-state index >= 15 is 0 Å². The lowest BCUT2D eigenvalue weighted by molar-refractivity contribution is 0.0745. The molecule has 2 aromatic carbocycles. The minimum atomic E-state index is 0.135. The summed E-state index contributed by atoms with van der Waals surface area (Å²) in [5.41, 5.74) is 3.10. The average Bonchev–Trinajstić information content (AvgIpc) is 3.00. The molecule has 3 rings (SSSR count). The molecule has 0 saturated heterocycles. The first-order chi connectivity index (χ1) is 12.2. The topological polar surface area (TPSA) is 25.2 Å². The van der Waals surface area contributed by atoms with E-state index in [1.165, 1.54) is 5.56 Å². The number of hydrogen-bond donors (Lipinski definition) is 0. The third-order valence-electron chi connectivity index (χ3n) is 4.49. The summed E-state index contributed by atoms with van der Waals surface area (Å²) in [4.78, 5) is 15.2. The van der Waals surface area contributed by atoms with Gasteiger partial charge < -0.3 is 9.47 Å². The lowest BCUT2D eigenvalue weighted by Gasteiger charge is -2.22. The molecule has 0 radical (unpaired) electrons. The van der Waals surface area contributed by atoms with Gasteiger partial charge in [-0.2, -0.15) is 0 Å². The Kier molecular flexibility index (Phi) is 5.54. The van der Waals surface area contributed by atoms with Gasteiger partial charge in [-0.15, -0.1) is 0 Å². The first-order valence-corrected chi connectivity index (χ1v) is 9.16. The molecule has 0 fully saturated rings. The fourth-order valence-electron chi connectivity index (χ4n) is 3.34. The summed E-state index contributed by atoms with van der Waals surface area (Å²) in [5.74, 6) is 0.135. The second-order valence-corrected chi connectivity index (χ2v) is 6.45. The van der Waals surface area contributed by atoms with Crippen molar-refractivity contribution in [2.24, 2.45) is 0 Å². The van der Waals surface area contributed by atoms with E-state index in [4.69, 9.17) is 0 Å². The Morgan fingerprint density at radius 1 is 0.920 bits per heavy atom. The number of nitrogens with zero attached hydrogens (tertiary/aromatic N) is 2. The third-order valence-corrected chi connectivity index (χ3v) is 4.49. The average molecular weight is 334 g/mol. The van der Waals surface area contributed by atoms with Crippen molar-refractivity contribution in [3.8, 4) is 0 Å². The highest BCUT2D eigenvalue weighted by Gasteiger charge is 2.20. The van der Waals surface area contributed by atoms with Crippen molar-refractivity contribution in [2.45, 2.75) is 33.2 Å². The molecule has 0 aliphatic carbocycles. The van der Waals surface area contributed by atoms with Crippen LogP contribution >= 0.6 is 0 Å². The van der Waals surface area contributed by atoms with Gasteiger partial charge in [0.25, 0.3) is 5.91 Å². The predicted molar refractivity (Wildman–Crippen MR) is 104 cm³/mol. The van der Waals surface area contributed by atoms with Gasteiger partial charge in [0, 0.05) is 30.5 Å². The van der Waals surface area contributed by atoms with Crippen LogP contribution in [0.25, 0.3) is 10.9 Å². The Hall–Kier alpha value is -2.55. The van der Waals surface area contributed by atoms with Crippen molar-refractivity contribution in [2.75, 3.05) is 13.1 Å². The second kappa shape index (κ2) is 8.02. The van der Waals surface area contributed by atoms with Crippen LogP contribution in [-0.4, -0.2) is 28.5 Å². The number of carbonyl (C=O) groups excluding carboxylic acids is 1. The minimum Gasteiger partial charge on any atom is -0.337 e. The zero-order valence-electron chi connectivity index (χ0n) is 15.1. The van der Waals surface area contributed by atoms with E-state index in [1.807, 2.05) is 41.3 Å². The van der Waals surface area contributed by atoms with Crippen LogP contribution in [-0.2, 0) is 6.54 Å². The molecule has 0 unspecified atom stereocenters. The van der Waals surface area contributed by atoms with Crippen LogP contribution in [0.5, 0.6) is 0 Å². The lowest BCUT2D eigenvalue weighted by atomic mass is 10.2. The van der Waals surface area contributed by atoms with Gasteiger partial charge in [-0.25, -0.2) is 0 Å². The maximum Gasteiger partial charge on any atom is 0.270 e. The number of amides is 1. The number of aromatic nitrogens is 1. The Bertz CT molecular complexity index is 830. The van der Waals surface area contributed by atoms with Crippen LogP contribution in [0.3, 0.4) is 0 Å². The fourth-order valence-corrected chi connectivity index (χ4v) is 3.34. The number of para-hydroxylation sites is 1. The van der Waals surface area contributed by atoms with Crippen molar-refractivity contribution in [1.29, 1.82) is 0 Å². The Labute approximate surface area is 149 Å². The van der Waals surface area contributed by atoms with Crippen molar-refractivity contribution < 1.29 is 4.79 Å². The summed E-state index contributed by atoms with van der Waals surface area (Å²) < 4.78 is 2.16. The van der Waals surface area contributed by atoms with E-state index in [2.05, 4.69) is 42.7 Å². The van der Waals surface area contributed by atoms with Crippen LogP contribution < -0.4 is 0 Å². The summed E-state index contributed by atoms with van der Waals surface area (Å²) in [6, 6.07) is 20.6. The zero-order valence-corrected chi connectivity index (χ0v) is 15.1. The number of rotatable bonds is 7. The predicted octanol–water partition coefficient (Wildman–Crippen LogP) is 4.95. The van der Waals surface area contributed by atoms with Crippen LogP contribution in [0.2, 0.25) is 0 Å². The van der Waals surface area contributed by atoms with E-state index < -0.39 is 0 Å². The fraction of sp³-hybridized carbons (Fsp3) is 0.318. The highest BCUT2D eigenvalue weighted by molar-refractivity contribution is 5.98. The summed E-state index contributed by atoms with van der Waals surface area (Å²) in [5, 5.41) is 1.12. The summed E-state index contributed by atoms with van der Waals surface area (Å²) in [6.45, 7) is 6.56. The van der Waals surface area contributed by atoms with Crippen molar-refractivity contribution in [1.82, 2.24) is 9.47 Å². The molecule has 1 heterocycles. The molecule has 0 spiro atoms. The number of hydrogen-bond acceptors (Lipinski definition) is 1. The van der Waals surface area contributed by atoms with Gasteiger partial charge in [-0.05, 0) is 30.5 Å². The van der Waals surface area contributed by atoms with Crippen LogP contribution in [0.4, 0.5) is 0 Å². The maximum atomic E-state index is 13.2. The molecule has 0 N–H and O–H groups in total. The van der Waals surface area contributed by atoms with Crippen molar-refractivity contribution in [3.05, 3.63) is 71.9 Å². The molecule has 0 aliphatic heterocycles. The van der Waals surface area contributed by atoms with Crippen LogP contribution in [0.1, 0.15) is 42.7 Å². The van der Waals surface area contributed by atoms with Gasteiger partial charge in [-0.1, -0.05) is 62.4 Å². The SMILES string of the molecule is CCCN(CCC)C(=O)c1cc2ccccc2n1Cc1ccccc1. The number of benzene rings is 2. The molecule has 1 aromatic heterocycles. The van der Waals surface area contributed by atoms with E-state index in [0.29, 0.717) is 6.54 Å². The molecular formula is C22H26N2O. The third kappa shape index (κ3) is 3.76. The highest BCUT2D eigenvalue weighted by atomic mass is 16.2. The minimum absolute atomic E-state index is 0.135. The quantitative estimate of drug-likeness (QED) is 0.600. The standard InChI is InChI=1S/C22H26N2O/c1-3-14-23(15-4-2)22(25)21-16-19-12-8-9-13-20(19)24(21)17-18-10-6-5-7-11-18/h5-13,16H,3-4,14-15,17H2,1-2H3. The monoisotopic (exact) mass is 334 g/mol. The molecule has 3 nitrogen and oxygen atoms in total. The summed E-state index contributed by atoms with van der Waals surface area (Å²) in [6.07, 6.45) is 1.95.